The molecule has 2 aromatic rings. The first-order valence-corrected chi connectivity index (χ1v) is 6.17. The second-order valence-corrected chi connectivity index (χ2v) is 4.63. The molecule has 3 rings (SSSR count). The average Bonchev–Trinajstić information content (AvgIpc) is 2.91. The van der Waals surface area contributed by atoms with E-state index in [0.29, 0.717) is 6.04 Å². The molecule has 0 saturated carbocycles. The Kier molecular flexibility index (Phi) is 2.72. The lowest BCUT2D eigenvalue weighted by atomic mass is 9.97. The van der Waals surface area contributed by atoms with Gasteiger partial charge in [-0.15, -0.1) is 0 Å². The Morgan fingerprint density at radius 3 is 2.61 bits per heavy atom. The van der Waals surface area contributed by atoms with Crippen LogP contribution in [0.1, 0.15) is 24.4 Å². The summed E-state index contributed by atoms with van der Waals surface area (Å²) < 4.78 is 0. The molecule has 4 nitrogen and oxygen atoms in total. The summed E-state index contributed by atoms with van der Waals surface area (Å²) in [5.41, 5.74) is 1.36. The third kappa shape index (κ3) is 1.75. The fourth-order valence-corrected chi connectivity index (χ4v) is 2.72. The molecular formula is C14H14N2O2. The third-order valence-electron chi connectivity index (χ3n) is 3.57. The van der Waals surface area contributed by atoms with Gasteiger partial charge in [-0.3, -0.25) is 10.1 Å². The third-order valence-corrected chi connectivity index (χ3v) is 3.57. The number of rotatable bonds is 2. The highest BCUT2D eigenvalue weighted by Crippen LogP contribution is 2.34. The van der Waals surface area contributed by atoms with Gasteiger partial charge in [-0.2, -0.15) is 0 Å². The number of nitrogens with one attached hydrogen (secondary N) is 1. The number of fused-ring (bicyclic) bond motifs is 1. The zero-order chi connectivity index (χ0) is 12.5. The van der Waals surface area contributed by atoms with E-state index in [9.17, 15) is 10.1 Å². The fourth-order valence-electron chi connectivity index (χ4n) is 2.72. The molecule has 0 bridgehead atoms. The first-order chi connectivity index (χ1) is 8.77. The SMILES string of the molecule is O=[N+]([O-])c1ccc(C2CCCN2)c2ccccc12. The summed E-state index contributed by atoms with van der Waals surface area (Å²) in [5.74, 6) is 0. The summed E-state index contributed by atoms with van der Waals surface area (Å²) >= 11 is 0. The van der Waals surface area contributed by atoms with E-state index >= 15 is 0 Å². The minimum absolute atomic E-state index is 0.187. The van der Waals surface area contributed by atoms with Gasteiger partial charge in [0.2, 0.25) is 0 Å². The molecule has 0 spiro atoms. The Labute approximate surface area is 105 Å². The van der Waals surface area contributed by atoms with Gasteiger partial charge in [0.1, 0.15) is 0 Å². The number of nitro groups is 1. The van der Waals surface area contributed by atoms with Crippen LogP contribution in [0.25, 0.3) is 10.8 Å². The molecule has 1 aliphatic rings. The molecule has 1 heterocycles. The van der Waals surface area contributed by atoms with Crippen molar-refractivity contribution in [1.29, 1.82) is 0 Å². The van der Waals surface area contributed by atoms with Crippen LogP contribution in [0, 0.1) is 10.1 Å². The van der Waals surface area contributed by atoms with E-state index in [1.165, 1.54) is 5.56 Å². The van der Waals surface area contributed by atoms with E-state index in [1.54, 1.807) is 6.07 Å². The van der Waals surface area contributed by atoms with Gasteiger partial charge in [0.05, 0.1) is 10.3 Å². The summed E-state index contributed by atoms with van der Waals surface area (Å²) in [6.07, 6.45) is 2.26. The normalized spacial score (nSPS) is 19.2. The van der Waals surface area contributed by atoms with Crippen LogP contribution >= 0.6 is 0 Å². The lowest BCUT2D eigenvalue weighted by Gasteiger charge is -2.13. The van der Waals surface area contributed by atoms with Gasteiger partial charge in [0.25, 0.3) is 5.69 Å². The second-order valence-electron chi connectivity index (χ2n) is 4.63. The quantitative estimate of drug-likeness (QED) is 0.650. The lowest BCUT2D eigenvalue weighted by molar-refractivity contribution is -0.383. The van der Waals surface area contributed by atoms with Crippen molar-refractivity contribution in [3.63, 3.8) is 0 Å². The Bertz CT molecular complexity index is 604. The summed E-state index contributed by atoms with van der Waals surface area (Å²) in [6, 6.07) is 11.4. The predicted molar refractivity (Wildman–Crippen MR) is 70.6 cm³/mol. The average molecular weight is 242 g/mol. The number of hydrogen-bond acceptors (Lipinski definition) is 3. The highest BCUT2D eigenvalue weighted by atomic mass is 16.6. The molecule has 1 fully saturated rings. The Morgan fingerprint density at radius 2 is 1.94 bits per heavy atom. The molecule has 1 saturated heterocycles. The number of benzene rings is 2. The van der Waals surface area contributed by atoms with Gasteiger partial charge in [-0.05, 0) is 42.5 Å². The van der Waals surface area contributed by atoms with E-state index < -0.39 is 0 Å². The van der Waals surface area contributed by atoms with Crippen LogP contribution < -0.4 is 5.32 Å². The maximum Gasteiger partial charge on any atom is 0.277 e. The Morgan fingerprint density at radius 1 is 1.17 bits per heavy atom. The van der Waals surface area contributed by atoms with E-state index in [1.807, 2.05) is 30.3 Å². The van der Waals surface area contributed by atoms with Gasteiger partial charge in [-0.25, -0.2) is 0 Å². The molecule has 1 aliphatic heterocycles. The number of nitrogens with zero attached hydrogens (tertiary/aromatic N) is 1. The molecule has 18 heavy (non-hydrogen) atoms. The van der Waals surface area contributed by atoms with Crippen LogP contribution in [0.2, 0.25) is 0 Å². The molecule has 2 aromatic carbocycles. The highest BCUT2D eigenvalue weighted by Gasteiger charge is 2.21. The summed E-state index contributed by atoms with van der Waals surface area (Å²) in [4.78, 5) is 10.7. The topological polar surface area (TPSA) is 55.2 Å². The van der Waals surface area contributed by atoms with Crippen LogP contribution in [0.5, 0.6) is 0 Å². The fraction of sp³-hybridized carbons (Fsp3) is 0.286. The van der Waals surface area contributed by atoms with Crippen molar-refractivity contribution < 1.29 is 4.92 Å². The molecule has 0 radical (unpaired) electrons. The highest BCUT2D eigenvalue weighted by molar-refractivity contribution is 5.93. The van der Waals surface area contributed by atoms with Crippen molar-refractivity contribution in [3.05, 3.63) is 52.1 Å². The molecule has 4 heteroatoms. The first kappa shape index (κ1) is 11.2. The van der Waals surface area contributed by atoms with Gasteiger partial charge >= 0.3 is 0 Å². The van der Waals surface area contributed by atoms with Crippen molar-refractivity contribution in [2.75, 3.05) is 6.54 Å². The molecule has 92 valence electrons. The van der Waals surface area contributed by atoms with E-state index in [2.05, 4.69) is 5.32 Å². The lowest BCUT2D eigenvalue weighted by Crippen LogP contribution is -2.13. The minimum atomic E-state index is -0.311. The van der Waals surface area contributed by atoms with E-state index in [-0.39, 0.29) is 10.6 Å². The van der Waals surface area contributed by atoms with Crippen LogP contribution in [0.15, 0.2) is 36.4 Å². The van der Waals surface area contributed by atoms with Crippen LogP contribution in [0.4, 0.5) is 5.69 Å². The smallest absolute Gasteiger partial charge is 0.277 e. The second kappa shape index (κ2) is 4.38. The molecule has 1 atom stereocenters. The standard InChI is InChI=1S/C14H14N2O2/c17-16(18)14-8-7-11(13-6-3-9-15-13)10-4-1-2-5-12(10)14/h1-2,4-5,7-8,13,15H,3,6,9H2. The first-order valence-electron chi connectivity index (χ1n) is 6.17. The van der Waals surface area contributed by atoms with Gasteiger partial charge < -0.3 is 5.32 Å². The maximum atomic E-state index is 11.0. The summed E-state index contributed by atoms with van der Waals surface area (Å²) in [5, 5.41) is 16.2. The molecular weight excluding hydrogens is 228 g/mol. The van der Waals surface area contributed by atoms with Crippen molar-refractivity contribution >= 4 is 16.5 Å². The summed E-state index contributed by atoms with van der Waals surface area (Å²) in [6.45, 7) is 1.02. The van der Waals surface area contributed by atoms with Gasteiger partial charge in [0, 0.05) is 12.1 Å². The molecule has 0 aromatic heterocycles. The van der Waals surface area contributed by atoms with Crippen LogP contribution in [-0.4, -0.2) is 11.5 Å². The van der Waals surface area contributed by atoms with Crippen LogP contribution in [0.3, 0.4) is 0 Å². The predicted octanol–water partition coefficient (Wildman–Crippen LogP) is 3.17. The Hall–Kier alpha value is -1.94. The molecule has 1 unspecified atom stereocenters. The van der Waals surface area contributed by atoms with Crippen molar-refractivity contribution in [1.82, 2.24) is 5.32 Å². The number of nitro benzene ring substituents is 1. The monoisotopic (exact) mass is 242 g/mol. The zero-order valence-electron chi connectivity index (χ0n) is 9.93. The maximum absolute atomic E-state index is 11.0. The number of non-ortho nitro benzene ring substituents is 1. The van der Waals surface area contributed by atoms with Crippen LogP contribution in [-0.2, 0) is 0 Å². The van der Waals surface area contributed by atoms with E-state index in [4.69, 9.17) is 0 Å². The largest absolute Gasteiger partial charge is 0.310 e. The zero-order valence-corrected chi connectivity index (χ0v) is 9.93. The van der Waals surface area contributed by atoms with Crippen molar-refractivity contribution in [3.8, 4) is 0 Å². The minimum Gasteiger partial charge on any atom is -0.310 e. The van der Waals surface area contributed by atoms with Gasteiger partial charge in [0.15, 0.2) is 0 Å². The Balaban J connectivity index is 2.22. The summed E-state index contributed by atoms with van der Waals surface area (Å²) in [7, 11) is 0. The molecule has 0 amide bonds. The molecule has 0 aliphatic carbocycles. The van der Waals surface area contributed by atoms with E-state index in [0.717, 1.165) is 30.2 Å². The van der Waals surface area contributed by atoms with Gasteiger partial charge in [-0.1, -0.05) is 18.2 Å². The van der Waals surface area contributed by atoms with Crippen molar-refractivity contribution in [2.24, 2.45) is 0 Å². The molecule has 1 N–H and O–H groups in total. The van der Waals surface area contributed by atoms with Crippen molar-refractivity contribution in [2.45, 2.75) is 18.9 Å². The number of hydrogen-bond donors (Lipinski definition) is 1.